The first-order chi connectivity index (χ1) is 21.0. The van der Waals surface area contributed by atoms with Crippen LogP contribution in [0.3, 0.4) is 0 Å². The maximum atomic E-state index is 13.1. The Hall–Kier alpha value is -3.55. The molecule has 5 rings (SSSR count). The van der Waals surface area contributed by atoms with Crippen molar-refractivity contribution in [3.63, 3.8) is 0 Å². The molecule has 0 aliphatic carbocycles. The van der Waals surface area contributed by atoms with E-state index < -0.39 is 21.6 Å². The second kappa shape index (κ2) is 13.6. The molecule has 2 fully saturated rings. The number of halogens is 3. The van der Waals surface area contributed by atoms with Gasteiger partial charge in [-0.2, -0.15) is 13.2 Å². The number of ether oxygens (including phenoxy) is 2. The van der Waals surface area contributed by atoms with Gasteiger partial charge in [-0.25, -0.2) is 18.4 Å². The lowest BCUT2D eigenvalue weighted by molar-refractivity contribution is -0.137. The van der Waals surface area contributed by atoms with Gasteiger partial charge in [0, 0.05) is 38.0 Å². The highest BCUT2D eigenvalue weighted by Gasteiger charge is 2.34. The standard InChI is InChI=1S/C31H35F3N4O5S/c1-2-44(40,41)28-11-3-21(4-12-28)15-35-29(39)24-16-36-30(37-17-24)38-18-23(22-5-8-25(9-6-22)31(32,33)34)7-10-26(38)19-43-27-13-14-42-20-27/h3-6,8-9,11-12,16-17,23,26-27H,2,7,10,13-15,18-20H2,1H3,(H,35,39)/t23?,26-,27?/m0/s1. The van der Waals surface area contributed by atoms with E-state index in [1.165, 1.54) is 36.7 Å². The van der Waals surface area contributed by atoms with Crippen molar-refractivity contribution in [2.75, 3.05) is 37.0 Å². The minimum atomic E-state index is -4.39. The molecule has 2 aromatic carbocycles. The van der Waals surface area contributed by atoms with Crippen LogP contribution in [0.2, 0.25) is 0 Å². The molecule has 2 unspecified atom stereocenters. The molecule has 0 radical (unpaired) electrons. The van der Waals surface area contributed by atoms with E-state index in [0.29, 0.717) is 32.3 Å². The Morgan fingerprint density at radius 3 is 2.36 bits per heavy atom. The highest BCUT2D eigenvalue weighted by molar-refractivity contribution is 7.91. The summed E-state index contributed by atoms with van der Waals surface area (Å²) in [5, 5.41) is 2.80. The molecule has 1 N–H and O–H groups in total. The third-order valence-corrected chi connectivity index (χ3v) is 9.85. The highest BCUT2D eigenvalue weighted by Crippen LogP contribution is 2.35. The summed E-state index contributed by atoms with van der Waals surface area (Å²) in [4.78, 5) is 24.0. The smallest absolute Gasteiger partial charge is 0.379 e. The molecule has 1 amide bonds. The molecule has 2 aliphatic rings. The summed E-state index contributed by atoms with van der Waals surface area (Å²) in [6.07, 6.45) is 0.824. The van der Waals surface area contributed by atoms with E-state index >= 15 is 0 Å². The Morgan fingerprint density at radius 2 is 1.75 bits per heavy atom. The highest BCUT2D eigenvalue weighted by atomic mass is 32.2. The molecule has 236 valence electrons. The van der Waals surface area contributed by atoms with E-state index in [9.17, 15) is 26.4 Å². The van der Waals surface area contributed by atoms with Gasteiger partial charge in [0.15, 0.2) is 9.84 Å². The Morgan fingerprint density at radius 1 is 1.05 bits per heavy atom. The van der Waals surface area contributed by atoms with Crippen LogP contribution in [0.4, 0.5) is 19.1 Å². The summed E-state index contributed by atoms with van der Waals surface area (Å²) in [5.41, 5.74) is 1.12. The quantitative estimate of drug-likeness (QED) is 0.340. The zero-order chi connectivity index (χ0) is 31.3. The molecule has 2 aliphatic heterocycles. The third kappa shape index (κ3) is 7.74. The maximum absolute atomic E-state index is 13.1. The number of nitrogens with one attached hydrogen (secondary N) is 1. The molecule has 0 spiro atoms. The summed E-state index contributed by atoms with van der Waals surface area (Å²) in [7, 11) is -3.30. The number of nitrogens with zero attached hydrogens (tertiary/aromatic N) is 3. The van der Waals surface area contributed by atoms with Gasteiger partial charge in [-0.05, 0) is 54.7 Å². The number of piperidine rings is 1. The lowest BCUT2D eigenvalue weighted by Gasteiger charge is -2.40. The predicted molar refractivity (Wildman–Crippen MR) is 157 cm³/mol. The number of anilines is 1. The van der Waals surface area contributed by atoms with Crippen LogP contribution in [0, 0.1) is 0 Å². The number of rotatable bonds is 10. The topological polar surface area (TPSA) is 111 Å². The van der Waals surface area contributed by atoms with Crippen molar-refractivity contribution in [3.05, 3.63) is 83.2 Å². The van der Waals surface area contributed by atoms with Gasteiger partial charge >= 0.3 is 6.18 Å². The van der Waals surface area contributed by atoms with Crippen molar-refractivity contribution in [2.45, 2.75) is 61.9 Å². The lowest BCUT2D eigenvalue weighted by Crippen LogP contribution is -2.46. The van der Waals surface area contributed by atoms with Crippen molar-refractivity contribution >= 4 is 21.7 Å². The molecule has 3 atom stereocenters. The number of benzene rings is 2. The number of aromatic nitrogens is 2. The summed E-state index contributed by atoms with van der Waals surface area (Å²) in [6, 6.07) is 11.6. The van der Waals surface area contributed by atoms with E-state index in [-0.39, 0.29) is 46.7 Å². The largest absolute Gasteiger partial charge is 0.416 e. The van der Waals surface area contributed by atoms with E-state index in [4.69, 9.17) is 9.47 Å². The predicted octanol–water partition coefficient (Wildman–Crippen LogP) is 4.78. The van der Waals surface area contributed by atoms with E-state index in [1.54, 1.807) is 19.1 Å². The summed E-state index contributed by atoms with van der Waals surface area (Å²) >= 11 is 0. The van der Waals surface area contributed by atoms with Crippen molar-refractivity contribution in [1.29, 1.82) is 0 Å². The number of amides is 1. The SMILES string of the molecule is CCS(=O)(=O)c1ccc(CNC(=O)c2cnc(N3CC(c4ccc(C(F)(F)F)cc4)CC[C@H]3COC3CCOC3)nc2)cc1. The fraction of sp³-hybridized carbons (Fsp3) is 0.452. The Balaban J connectivity index is 1.26. The first-order valence-corrected chi connectivity index (χ1v) is 16.2. The van der Waals surface area contributed by atoms with Gasteiger partial charge in [0.25, 0.3) is 5.91 Å². The third-order valence-electron chi connectivity index (χ3n) is 8.10. The number of hydrogen-bond donors (Lipinski definition) is 1. The van der Waals surface area contributed by atoms with E-state index in [2.05, 4.69) is 15.3 Å². The average Bonchev–Trinajstić information content (AvgIpc) is 3.56. The fourth-order valence-electron chi connectivity index (χ4n) is 5.41. The molecule has 9 nitrogen and oxygen atoms in total. The lowest BCUT2D eigenvalue weighted by atomic mass is 9.87. The molecular weight excluding hydrogens is 597 g/mol. The number of alkyl halides is 3. The van der Waals surface area contributed by atoms with Gasteiger partial charge in [-0.1, -0.05) is 31.2 Å². The van der Waals surface area contributed by atoms with Crippen molar-refractivity contribution in [2.24, 2.45) is 0 Å². The number of carbonyl (C=O) groups is 1. The number of sulfone groups is 1. The number of hydrogen-bond acceptors (Lipinski definition) is 8. The summed E-state index contributed by atoms with van der Waals surface area (Å²) in [6.45, 7) is 3.89. The summed E-state index contributed by atoms with van der Waals surface area (Å²) in [5.74, 6) is -0.00452. The van der Waals surface area contributed by atoms with Crippen LogP contribution in [-0.2, 0) is 32.0 Å². The maximum Gasteiger partial charge on any atom is 0.416 e. The Kier molecular flexibility index (Phi) is 9.86. The van der Waals surface area contributed by atoms with Crippen molar-refractivity contribution in [1.82, 2.24) is 15.3 Å². The molecule has 0 bridgehead atoms. The molecular formula is C31H35F3N4O5S. The molecule has 3 heterocycles. The van der Waals surface area contributed by atoms with Crippen molar-refractivity contribution < 1.29 is 35.9 Å². The molecule has 3 aromatic rings. The second-order valence-electron chi connectivity index (χ2n) is 11.0. The monoisotopic (exact) mass is 632 g/mol. The van der Waals surface area contributed by atoms with Crippen molar-refractivity contribution in [3.8, 4) is 0 Å². The van der Waals surface area contributed by atoms with Crippen LogP contribution in [0.5, 0.6) is 0 Å². The minimum Gasteiger partial charge on any atom is -0.379 e. The van der Waals surface area contributed by atoms with Gasteiger partial charge in [0.2, 0.25) is 5.95 Å². The molecule has 2 saturated heterocycles. The van der Waals surface area contributed by atoms with Crippen LogP contribution in [0.1, 0.15) is 59.2 Å². The van der Waals surface area contributed by atoms with Crippen LogP contribution < -0.4 is 10.2 Å². The zero-order valence-electron chi connectivity index (χ0n) is 24.3. The minimum absolute atomic E-state index is 0.00939. The van der Waals surface area contributed by atoms with Gasteiger partial charge in [0.05, 0.1) is 47.1 Å². The Bertz CT molecular complexity index is 1510. The zero-order valence-corrected chi connectivity index (χ0v) is 25.1. The molecule has 1 aromatic heterocycles. The normalized spacial score (nSPS) is 20.9. The average molecular weight is 633 g/mol. The number of carbonyl (C=O) groups excluding carboxylic acids is 1. The molecule has 0 saturated carbocycles. The van der Waals surface area contributed by atoms with Crippen LogP contribution in [0.15, 0.2) is 65.8 Å². The first kappa shape index (κ1) is 31.9. The van der Waals surface area contributed by atoms with Crippen LogP contribution in [0.25, 0.3) is 0 Å². The van der Waals surface area contributed by atoms with Crippen LogP contribution >= 0.6 is 0 Å². The molecule has 44 heavy (non-hydrogen) atoms. The van der Waals surface area contributed by atoms with Gasteiger partial charge in [-0.3, -0.25) is 4.79 Å². The summed E-state index contributed by atoms with van der Waals surface area (Å²) < 4.78 is 74.9. The Labute approximate surface area is 254 Å². The van der Waals surface area contributed by atoms with Gasteiger partial charge < -0.3 is 19.7 Å². The first-order valence-electron chi connectivity index (χ1n) is 14.6. The fourth-order valence-corrected chi connectivity index (χ4v) is 6.29. The van der Waals surface area contributed by atoms with Gasteiger partial charge in [0.1, 0.15) is 0 Å². The van der Waals surface area contributed by atoms with E-state index in [1.807, 2.05) is 4.90 Å². The van der Waals surface area contributed by atoms with E-state index in [0.717, 1.165) is 42.5 Å². The molecule has 13 heteroatoms. The van der Waals surface area contributed by atoms with Crippen LogP contribution in [-0.4, -0.2) is 68.6 Å². The van der Waals surface area contributed by atoms with Gasteiger partial charge in [-0.15, -0.1) is 0 Å². The second-order valence-corrected chi connectivity index (χ2v) is 13.3.